The smallest absolute Gasteiger partial charge is 0.387 e. The summed E-state index contributed by atoms with van der Waals surface area (Å²) in [7, 11) is -2.61. The van der Waals surface area contributed by atoms with Gasteiger partial charge in [-0.25, -0.2) is 9.67 Å². The first-order valence-electron chi connectivity index (χ1n) is 9.96. The fourth-order valence-electron chi connectivity index (χ4n) is 3.96. The molecule has 0 spiro atoms. The zero-order chi connectivity index (χ0) is 23.3. The Bertz CT molecular complexity index is 1170. The van der Waals surface area contributed by atoms with Gasteiger partial charge in [-0.15, -0.1) is 0 Å². The number of hydrogen-bond acceptors (Lipinski definition) is 6. The quantitative estimate of drug-likeness (QED) is 0.497. The number of fused-ring (bicyclic) bond motifs is 1. The molecule has 3 heterocycles. The van der Waals surface area contributed by atoms with Gasteiger partial charge in [0.1, 0.15) is 11.4 Å². The Morgan fingerprint density at radius 3 is 2.62 bits per heavy atom. The van der Waals surface area contributed by atoms with E-state index in [-0.39, 0.29) is 28.9 Å². The van der Waals surface area contributed by atoms with E-state index in [1.54, 1.807) is 29.8 Å². The van der Waals surface area contributed by atoms with Gasteiger partial charge in [-0.2, -0.15) is 24.5 Å². The van der Waals surface area contributed by atoms with Crippen molar-refractivity contribution < 1.29 is 27.4 Å². The SMILES string of the molecule is CC(C)c1nn(-c2cccc(OC(F)F)c2)c2cnc(C(=O)NC3(C)CS(O)(O)C3)cc12. The van der Waals surface area contributed by atoms with Gasteiger partial charge in [0, 0.05) is 11.5 Å². The maximum atomic E-state index is 12.8. The number of halogens is 2. The molecule has 0 saturated carbocycles. The second kappa shape index (κ2) is 7.98. The van der Waals surface area contributed by atoms with Crippen LogP contribution in [0.25, 0.3) is 16.6 Å². The highest BCUT2D eigenvalue weighted by Gasteiger charge is 2.45. The predicted octanol–water partition coefficient (Wildman–Crippen LogP) is 4.40. The molecule has 1 aromatic carbocycles. The number of rotatable bonds is 6. The van der Waals surface area contributed by atoms with Crippen molar-refractivity contribution in [1.82, 2.24) is 20.1 Å². The molecule has 3 aromatic rings. The van der Waals surface area contributed by atoms with Crippen LogP contribution < -0.4 is 10.1 Å². The minimum Gasteiger partial charge on any atom is -0.435 e. The third-order valence-corrected chi connectivity index (χ3v) is 7.38. The van der Waals surface area contributed by atoms with E-state index in [0.29, 0.717) is 16.6 Å². The maximum Gasteiger partial charge on any atom is 0.387 e. The summed E-state index contributed by atoms with van der Waals surface area (Å²) < 4.78 is 50.6. The van der Waals surface area contributed by atoms with Crippen LogP contribution in [0, 0.1) is 0 Å². The number of carbonyl (C=O) groups excluding carboxylic acids is 1. The van der Waals surface area contributed by atoms with E-state index in [4.69, 9.17) is 0 Å². The van der Waals surface area contributed by atoms with Gasteiger partial charge in [0.25, 0.3) is 5.91 Å². The molecule has 1 fully saturated rings. The first-order chi connectivity index (χ1) is 15.0. The van der Waals surface area contributed by atoms with E-state index in [0.717, 1.165) is 5.69 Å². The standard InChI is InChI=1S/C21H24F2N4O4S/c1-12(2)18-15-8-16(19(28)25-21(3)10-32(29,30)11-21)24-9-17(15)27(26-18)13-5-4-6-14(7-13)31-20(22)23/h4-9,12,20,29-30H,10-11H2,1-3H3,(H,25,28). The average Bonchev–Trinajstić information content (AvgIpc) is 3.05. The van der Waals surface area contributed by atoms with Crippen LogP contribution in [0.2, 0.25) is 0 Å². The van der Waals surface area contributed by atoms with Crippen LogP contribution in [0.1, 0.15) is 42.9 Å². The number of aromatic nitrogens is 3. The van der Waals surface area contributed by atoms with Gasteiger partial charge in [0.15, 0.2) is 0 Å². The van der Waals surface area contributed by atoms with Gasteiger partial charge in [-0.3, -0.25) is 13.9 Å². The van der Waals surface area contributed by atoms with Crippen LogP contribution in [-0.2, 0) is 0 Å². The Hall–Kier alpha value is -2.76. The predicted molar refractivity (Wildman–Crippen MR) is 118 cm³/mol. The lowest BCUT2D eigenvalue weighted by atomic mass is 10.1. The summed E-state index contributed by atoms with van der Waals surface area (Å²) in [5, 5.41) is 8.18. The van der Waals surface area contributed by atoms with Gasteiger partial charge in [0.05, 0.1) is 40.1 Å². The lowest BCUT2D eigenvalue weighted by Crippen LogP contribution is -2.61. The summed E-state index contributed by atoms with van der Waals surface area (Å²) in [5.74, 6) is -0.162. The normalized spacial score (nSPS) is 17.9. The third-order valence-electron chi connectivity index (χ3n) is 5.18. The molecule has 0 atom stereocenters. The highest BCUT2D eigenvalue weighted by Crippen LogP contribution is 2.53. The van der Waals surface area contributed by atoms with Crippen LogP contribution in [-0.4, -0.2) is 53.4 Å². The Morgan fingerprint density at radius 2 is 2.00 bits per heavy atom. The van der Waals surface area contributed by atoms with Crippen molar-refractivity contribution in [1.29, 1.82) is 0 Å². The molecule has 11 heteroatoms. The van der Waals surface area contributed by atoms with Gasteiger partial charge >= 0.3 is 6.61 Å². The number of amides is 1. The Kier molecular flexibility index (Phi) is 5.60. The number of nitrogens with one attached hydrogen (secondary N) is 1. The molecule has 1 aliphatic rings. The molecule has 1 aliphatic heterocycles. The number of benzene rings is 1. The van der Waals surface area contributed by atoms with Crippen molar-refractivity contribution in [2.75, 3.05) is 11.5 Å². The fourth-order valence-corrected chi connectivity index (χ4v) is 6.07. The van der Waals surface area contributed by atoms with Crippen LogP contribution >= 0.6 is 10.6 Å². The molecule has 1 saturated heterocycles. The lowest BCUT2D eigenvalue weighted by Gasteiger charge is -2.54. The average molecular weight is 467 g/mol. The van der Waals surface area contributed by atoms with E-state index >= 15 is 0 Å². The highest BCUT2D eigenvalue weighted by molar-refractivity contribution is 8.25. The van der Waals surface area contributed by atoms with E-state index in [2.05, 4.69) is 20.1 Å². The molecule has 4 rings (SSSR count). The number of alkyl halides is 2. The first kappa shape index (κ1) is 22.4. The van der Waals surface area contributed by atoms with Gasteiger partial charge < -0.3 is 10.1 Å². The zero-order valence-corrected chi connectivity index (χ0v) is 18.6. The number of pyridine rings is 1. The van der Waals surface area contributed by atoms with Gasteiger partial charge in [0.2, 0.25) is 0 Å². The van der Waals surface area contributed by atoms with Crippen LogP contribution in [0.15, 0.2) is 36.5 Å². The molecule has 0 radical (unpaired) electrons. The number of ether oxygens (including phenoxy) is 1. The summed E-state index contributed by atoms with van der Waals surface area (Å²) in [6.45, 7) is 2.74. The molecule has 8 nitrogen and oxygen atoms in total. The summed E-state index contributed by atoms with van der Waals surface area (Å²) >= 11 is 0. The van der Waals surface area contributed by atoms with Crippen molar-refractivity contribution in [3.63, 3.8) is 0 Å². The van der Waals surface area contributed by atoms with Crippen molar-refractivity contribution in [3.05, 3.63) is 47.9 Å². The molecule has 0 aliphatic carbocycles. The summed E-state index contributed by atoms with van der Waals surface area (Å²) in [6, 6.07) is 7.84. The minimum atomic E-state index is -2.94. The second-order valence-corrected chi connectivity index (χ2v) is 10.7. The van der Waals surface area contributed by atoms with Gasteiger partial charge in [-0.1, -0.05) is 19.9 Å². The monoisotopic (exact) mass is 466 g/mol. The third kappa shape index (κ3) is 4.41. The first-order valence-corrected chi connectivity index (χ1v) is 11.8. The molecule has 172 valence electrons. The summed E-state index contributed by atoms with van der Waals surface area (Å²) in [6.07, 6.45) is 1.51. The van der Waals surface area contributed by atoms with Crippen molar-refractivity contribution in [3.8, 4) is 11.4 Å². The second-order valence-electron chi connectivity index (χ2n) is 8.52. The molecule has 32 heavy (non-hydrogen) atoms. The fraction of sp³-hybridized carbons (Fsp3) is 0.381. The molecule has 3 N–H and O–H groups in total. The van der Waals surface area contributed by atoms with Crippen molar-refractivity contribution in [2.45, 2.75) is 38.8 Å². The Labute approximate surface area is 184 Å². The minimum absolute atomic E-state index is 0.0101. The van der Waals surface area contributed by atoms with Crippen molar-refractivity contribution >= 4 is 27.4 Å². The number of hydrogen-bond donors (Lipinski definition) is 3. The maximum absolute atomic E-state index is 12.8. The molecule has 1 amide bonds. The van der Waals surface area contributed by atoms with Crippen LogP contribution in [0.3, 0.4) is 0 Å². The largest absolute Gasteiger partial charge is 0.435 e. The summed E-state index contributed by atoms with van der Waals surface area (Å²) in [4.78, 5) is 17.0. The lowest BCUT2D eigenvalue weighted by molar-refractivity contribution is -0.0498. The molecule has 0 unspecified atom stereocenters. The van der Waals surface area contributed by atoms with E-state index in [9.17, 15) is 22.7 Å². The number of carbonyl (C=O) groups is 1. The van der Waals surface area contributed by atoms with Crippen LogP contribution in [0.5, 0.6) is 5.75 Å². The molecule has 0 bridgehead atoms. The summed E-state index contributed by atoms with van der Waals surface area (Å²) in [5.41, 5.74) is 1.34. The van der Waals surface area contributed by atoms with Gasteiger partial charge in [-0.05, 0) is 31.0 Å². The van der Waals surface area contributed by atoms with Crippen LogP contribution in [0.4, 0.5) is 8.78 Å². The van der Waals surface area contributed by atoms with E-state index < -0.39 is 28.6 Å². The molecular weight excluding hydrogens is 442 g/mol. The molecular formula is C21H24F2N4O4S. The topological polar surface area (TPSA) is 110 Å². The number of nitrogens with zero attached hydrogens (tertiary/aromatic N) is 3. The molecule has 2 aromatic heterocycles. The van der Waals surface area contributed by atoms with E-state index in [1.807, 2.05) is 13.8 Å². The van der Waals surface area contributed by atoms with E-state index in [1.165, 1.54) is 18.3 Å². The highest BCUT2D eigenvalue weighted by atomic mass is 32.3. The zero-order valence-electron chi connectivity index (χ0n) is 17.7. The Morgan fingerprint density at radius 1 is 1.28 bits per heavy atom. The van der Waals surface area contributed by atoms with Crippen molar-refractivity contribution in [2.24, 2.45) is 0 Å². The Balaban J connectivity index is 1.70.